The van der Waals surface area contributed by atoms with Crippen molar-refractivity contribution < 1.29 is 9.18 Å². The van der Waals surface area contributed by atoms with Gasteiger partial charge in [-0.05, 0) is 18.1 Å². The molecule has 1 aliphatic rings. The van der Waals surface area contributed by atoms with Crippen LogP contribution in [-0.4, -0.2) is 5.78 Å². The van der Waals surface area contributed by atoms with Gasteiger partial charge >= 0.3 is 0 Å². The van der Waals surface area contributed by atoms with Crippen LogP contribution in [0, 0.1) is 11.7 Å². The molecule has 0 radical (unpaired) electrons. The summed E-state index contributed by atoms with van der Waals surface area (Å²) in [4.78, 5) is 11.4. The average molecular weight is 164 g/mol. The minimum Gasteiger partial charge on any atom is -0.294 e. The molecule has 0 fully saturated rings. The summed E-state index contributed by atoms with van der Waals surface area (Å²) >= 11 is 0. The predicted molar refractivity (Wildman–Crippen MR) is 43.6 cm³/mol. The quantitative estimate of drug-likeness (QED) is 0.574. The minimum atomic E-state index is -0.245. The van der Waals surface area contributed by atoms with Crippen LogP contribution in [0.4, 0.5) is 4.39 Å². The van der Waals surface area contributed by atoms with Crippen molar-refractivity contribution in [2.75, 3.05) is 0 Å². The number of Topliss-reactive ketones (excluding diaryl/α,β-unsaturated/α-hetero) is 1. The Balaban J connectivity index is 2.61. The van der Waals surface area contributed by atoms with Gasteiger partial charge in [0.1, 0.15) is 5.82 Å². The molecule has 1 atom stereocenters. The van der Waals surface area contributed by atoms with Gasteiger partial charge in [0.05, 0.1) is 0 Å². The number of fused-ring (bicyclic) bond motifs is 1. The van der Waals surface area contributed by atoms with Crippen molar-refractivity contribution >= 4 is 5.78 Å². The van der Waals surface area contributed by atoms with Crippen LogP contribution in [0.2, 0.25) is 0 Å². The lowest BCUT2D eigenvalue weighted by Crippen LogP contribution is -2.02. The molecule has 0 unspecified atom stereocenters. The van der Waals surface area contributed by atoms with E-state index in [0.717, 1.165) is 0 Å². The number of benzene rings is 1. The van der Waals surface area contributed by atoms with E-state index < -0.39 is 0 Å². The number of halogens is 1. The van der Waals surface area contributed by atoms with Gasteiger partial charge in [0.25, 0.3) is 0 Å². The van der Waals surface area contributed by atoms with E-state index in [-0.39, 0.29) is 17.5 Å². The second-order valence-electron chi connectivity index (χ2n) is 3.24. The zero-order chi connectivity index (χ0) is 8.72. The summed E-state index contributed by atoms with van der Waals surface area (Å²) in [6.45, 7) is 1.84. The maximum Gasteiger partial charge on any atom is 0.166 e. The van der Waals surface area contributed by atoms with Crippen LogP contribution < -0.4 is 0 Å². The fourth-order valence-corrected chi connectivity index (χ4v) is 1.66. The predicted octanol–water partition coefficient (Wildman–Crippen LogP) is 2.20. The fourth-order valence-electron chi connectivity index (χ4n) is 1.66. The lowest BCUT2D eigenvalue weighted by Gasteiger charge is -1.96. The van der Waals surface area contributed by atoms with Crippen LogP contribution in [0.25, 0.3) is 0 Å². The van der Waals surface area contributed by atoms with Crippen LogP contribution >= 0.6 is 0 Å². The van der Waals surface area contributed by atoms with Crippen LogP contribution in [0.5, 0.6) is 0 Å². The van der Waals surface area contributed by atoms with Gasteiger partial charge in [-0.3, -0.25) is 4.79 Å². The Morgan fingerprint density at radius 3 is 2.92 bits per heavy atom. The molecule has 0 aromatic heterocycles. The molecule has 0 N–H and O–H groups in total. The second-order valence-corrected chi connectivity index (χ2v) is 3.24. The number of carbonyl (C=O) groups is 1. The van der Waals surface area contributed by atoms with Gasteiger partial charge in [-0.25, -0.2) is 4.39 Å². The summed E-state index contributed by atoms with van der Waals surface area (Å²) in [6.07, 6.45) is 0.556. The highest BCUT2D eigenvalue weighted by atomic mass is 19.1. The molecule has 0 heterocycles. The van der Waals surface area contributed by atoms with E-state index >= 15 is 0 Å². The summed E-state index contributed by atoms with van der Waals surface area (Å²) < 4.78 is 13.1. The molecule has 0 aliphatic heterocycles. The lowest BCUT2D eigenvalue weighted by atomic mass is 10.1. The Morgan fingerprint density at radius 1 is 1.50 bits per heavy atom. The molecule has 0 amide bonds. The molecule has 1 nitrogen and oxygen atoms in total. The standard InChI is InChI=1S/C10H9FO/c1-6-5-8-7(10(6)12)3-2-4-9(8)11/h2-4,6H,5H2,1H3/t6-/m0/s1. The highest BCUT2D eigenvalue weighted by molar-refractivity contribution is 6.01. The third-order valence-corrected chi connectivity index (χ3v) is 2.34. The first-order chi connectivity index (χ1) is 5.70. The lowest BCUT2D eigenvalue weighted by molar-refractivity contribution is 0.0946. The van der Waals surface area contributed by atoms with Crippen molar-refractivity contribution in [3.63, 3.8) is 0 Å². The van der Waals surface area contributed by atoms with E-state index in [9.17, 15) is 9.18 Å². The molecular formula is C10H9FO. The Morgan fingerprint density at radius 2 is 2.25 bits per heavy atom. The van der Waals surface area contributed by atoms with Gasteiger partial charge in [0.15, 0.2) is 5.78 Å². The zero-order valence-corrected chi connectivity index (χ0v) is 6.80. The SMILES string of the molecule is C[C@H]1Cc2c(F)cccc2C1=O. The number of ketones is 1. The van der Waals surface area contributed by atoms with Crippen molar-refractivity contribution in [2.24, 2.45) is 5.92 Å². The van der Waals surface area contributed by atoms with Crippen LogP contribution in [-0.2, 0) is 6.42 Å². The topological polar surface area (TPSA) is 17.1 Å². The summed E-state index contributed by atoms with van der Waals surface area (Å²) in [5.41, 5.74) is 1.16. The normalized spacial score (nSPS) is 21.2. The van der Waals surface area contributed by atoms with Crippen LogP contribution in [0.3, 0.4) is 0 Å². The van der Waals surface area contributed by atoms with Crippen molar-refractivity contribution in [3.05, 3.63) is 35.1 Å². The molecule has 1 aromatic carbocycles. The van der Waals surface area contributed by atoms with E-state index in [2.05, 4.69) is 0 Å². The van der Waals surface area contributed by atoms with Gasteiger partial charge in [-0.2, -0.15) is 0 Å². The first-order valence-electron chi connectivity index (χ1n) is 4.01. The van der Waals surface area contributed by atoms with E-state index in [1.165, 1.54) is 6.07 Å². The second kappa shape index (κ2) is 2.41. The molecule has 2 heteroatoms. The third kappa shape index (κ3) is 0.876. The molecule has 1 aromatic rings. The Kier molecular flexibility index (Phi) is 1.50. The highest BCUT2D eigenvalue weighted by Gasteiger charge is 2.28. The Labute approximate surface area is 70.2 Å². The molecule has 12 heavy (non-hydrogen) atoms. The Hall–Kier alpha value is -1.18. The van der Waals surface area contributed by atoms with E-state index in [0.29, 0.717) is 17.5 Å². The summed E-state index contributed by atoms with van der Waals surface area (Å²) in [5, 5.41) is 0. The summed E-state index contributed by atoms with van der Waals surface area (Å²) in [7, 11) is 0. The first-order valence-corrected chi connectivity index (χ1v) is 4.01. The number of carbonyl (C=O) groups excluding carboxylic acids is 1. The molecule has 0 bridgehead atoms. The minimum absolute atomic E-state index is 0.0445. The molecule has 62 valence electrons. The number of hydrogen-bond donors (Lipinski definition) is 0. The van der Waals surface area contributed by atoms with Gasteiger partial charge in [-0.1, -0.05) is 19.1 Å². The van der Waals surface area contributed by atoms with E-state index in [1.807, 2.05) is 6.92 Å². The molecule has 2 rings (SSSR count). The zero-order valence-electron chi connectivity index (χ0n) is 6.80. The van der Waals surface area contributed by atoms with Crippen molar-refractivity contribution in [3.8, 4) is 0 Å². The first kappa shape index (κ1) is 7.47. The van der Waals surface area contributed by atoms with Gasteiger partial charge in [0, 0.05) is 11.5 Å². The molecule has 0 saturated heterocycles. The number of rotatable bonds is 0. The smallest absolute Gasteiger partial charge is 0.166 e. The summed E-state index contributed by atoms with van der Waals surface area (Å²) in [5.74, 6) is -0.216. The van der Waals surface area contributed by atoms with Gasteiger partial charge < -0.3 is 0 Å². The monoisotopic (exact) mass is 164 g/mol. The highest BCUT2D eigenvalue weighted by Crippen LogP contribution is 2.27. The molecule has 0 saturated carbocycles. The van der Waals surface area contributed by atoms with E-state index in [4.69, 9.17) is 0 Å². The van der Waals surface area contributed by atoms with Crippen molar-refractivity contribution in [1.82, 2.24) is 0 Å². The van der Waals surface area contributed by atoms with E-state index in [1.54, 1.807) is 12.1 Å². The molecule has 1 aliphatic carbocycles. The van der Waals surface area contributed by atoms with Crippen LogP contribution in [0.1, 0.15) is 22.8 Å². The number of hydrogen-bond acceptors (Lipinski definition) is 1. The largest absolute Gasteiger partial charge is 0.294 e. The van der Waals surface area contributed by atoms with Crippen molar-refractivity contribution in [1.29, 1.82) is 0 Å². The van der Waals surface area contributed by atoms with Gasteiger partial charge in [-0.15, -0.1) is 0 Å². The molecule has 0 spiro atoms. The maximum absolute atomic E-state index is 13.1. The average Bonchev–Trinajstić information content (AvgIpc) is 2.32. The third-order valence-electron chi connectivity index (χ3n) is 2.34. The van der Waals surface area contributed by atoms with Gasteiger partial charge in [0.2, 0.25) is 0 Å². The van der Waals surface area contributed by atoms with Crippen molar-refractivity contribution in [2.45, 2.75) is 13.3 Å². The molecular weight excluding hydrogens is 155 g/mol. The maximum atomic E-state index is 13.1. The Bertz CT molecular complexity index is 344. The fraction of sp³-hybridized carbons (Fsp3) is 0.300. The summed E-state index contributed by atoms with van der Waals surface area (Å²) in [6, 6.07) is 4.69. The van der Waals surface area contributed by atoms with Crippen LogP contribution in [0.15, 0.2) is 18.2 Å².